The zero-order chi connectivity index (χ0) is 24.1. The van der Waals surface area contributed by atoms with Gasteiger partial charge in [0.1, 0.15) is 5.82 Å². The van der Waals surface area contributed by atoms with Crippen LogP contribution in [0.3, 0.4) is 0 Å². The van der Waals surface area contributed by atoms with E-state index in [9.17, 15) is 9.18 Å². The number of ether oxygens (including phenoxy) is 1. The molecule has 0 saturated carbocycles. The Balaban J connectivity index is 1.63. The highest BCUT2D eigenvalue weighted by Crippen LogP contribution is 2.25. The number of hydrogen-bond acceptors (Lipinski definition) is 6. The van der Waals surface area contributed by atoms with E-state index in [0.717, 1.165) is 50.0 Å². The molecule has 9 heteroatoms. The molecule has 3 heterocycles. The predicted molar refractivity (Wildman–Crippen MR) is 132 cm³/mol. The standard InChI is InChI=1S/C25H35FN6O2/c1-17(2)16-32(20-12-18(14-27-15-20)21-8-9-28-30-21)25(33)24-29-22-13-19(26)6-7-23(22)31(24)10-4-5-11-34-3/h6-7,9,13,17-18,20,27H,4-5,8,10-12,14-16H2,1-3H3/t18-,20+/m1/s1. The Kier molecular flexibility index (Phi) is 8.05. The van der Waals surface area contributed by atoms with Crippen LogP contribution >= 0.6 is 0 Å². The van der Waals surface area contributed by atoms with Crippen LogP contribution in [0.1, 0.15) is 50.1 Å². The fourth-order valence-electron chi connectivity index (χ4n) is 4.88. The highest BCUT2D eigenvalue weighted by Gasteiger charge is 2.34. The highest BCUT2D eigenvalue weighted by molar-refractivity contribution is 6.00. The van der Waals surface area contributed by atoms with Crippen LogP contribution in [0.4, 0.5) is 4.39 Å². The highest BCUT2D eigenvalue weighted by atomic mass is 19.1. The number of unbranched alkanes of at least 4 members (excludes halogenated alkanes) is 1. The number of fused-ring (bicyclic) bond motifs is 1. The molecule has 184 valence electrons. The van der Waals surface area contributed by atoms with Gasteiger partial charge in [-0.25, -0.2) is 9.37 Å². The Morgan fingerprint density at radius 2 is 2.18 bits per heavy atom. The number of carbonyl (C=O) groups is 1. The van der Waals surface area contributed by atoms with Gasteiger partial charge in [0, 0.05) is 70.6 Å². The molecule has 1 saturated heterocycles. The second-order valence-electron chi connectivity index (χ2n) is 9.61. The van der Waals surface area contributed by atoms with Crippen molar-refractivity contribution in [3.05, 3.63) is 29.8 Å². The van der Waals surface area contributed by atoms with Gasteiger partial charge in [0.2, 0.25) is 0 Å². The summed E-state index contributed by atoms with van der Waals surface area (Å²) in [5, 5.41) is 11.8. The number of halogens is 1. The zero-order valence-corrected chi connectivity index (χ0v) is 20.3. The minimum Gasteiger partial charge on any atom is -0.385 e. The first-order valence-corrected chi connectivity index (χ1v) is 12.2. The Morgan fingerprint density at radius 1 is 1.32 bits per heavy atom. The molecule has 1 N–H and O–H groups in total. The van der Waals surface area contributed by atoms with E-state index in [0.29, 0.717) is 37.0 Å². The second-order valence-corrected chi connectivity index (χ2v) is 9.61. The molecular formula is C25H35FN6O2. The lowest BCUT2D eigenvalue weighted by molar-refractivity contribution is 0.0589. The molecule has 34 heavy (non-hydrogen) atoms. The first-order chi connectivity index (χ1) is 16.5. The van der Waals surface area contributed by atoms with Crippen molar-refractivity contribution in [3.8, 4) is 0 Å². The van der Waals surface area contributed by atoms with E-state index in [1.807, 2.05) is 15.7 Å². The number of benzene rings is 1. The number of amides is 1. The van der Waals surface area contributed by atoms with Crippen molar-refractivity contribution in [2.45, 2.75) is 52.1 Å². The Bertz CT molecular complexity index is 1060. The van der Waals surface area contributed by atoms with Crippen molar-refractivity contribution in [1.29, 1.82) is 0 Å². The van der Waals surface area contributed by atoms with E-state index in [1.165, 1.54) is 12.1 Å². The maximum Gasteiger partial charge on any atom is 0.290 e. The summed E-state index contributed by atoms with van der Waals surface area (Å²) in [4.78, 5) is 20.6. The second kappa shape index (κ2) is 11.2. The Labute approximate surface area is 200 Å². The fraction of sp³-hybridized carbons (Fsp3) is 0.600. The lowest BCUT2D eigenvalue weighted by atomic mass is 9.89. The summed E-state index contributed by atoms with van der Waals surface area (Å²) in [6.45, 7) is 7.72. The van der Waals surface area contributed by atoms with Gasteiger partial charge in [0.15, 0.2) is 5.82 Å². The molecule has 1 fully saturated rings. The number of nitrogens with one attached hydrogen (secondary N) is 1. The zero-order valence-electron chi connectivity index (χ0n) is 20.3. The van der Waals surface area contributed by atoms with Gasteiger partial charge < -0.3 is 19.5 Å². The number of piperidine rings is 1. The van der Waals surface area contributed by atoms with E-state index in [1.54, 1.807) is 13.2 Å². The molecule has 0 radical (unpaired) electrons. The Hall–Kier alpha value is -2.65. The fourth-order valence-corrected chi connectivity index (χ4v) is 4.88. The number of rotatable bonds is 10. The summed E-state index contributed by atoms with van der Waals surface area (Å²) < 4.78 is 21.1. The number of aryl methyl sites for hydroxylation is 1. The van der Waals surface area contributed by atoms with Crippen LogP contribution in [0.15, 0.2) is 28.4 Å². The van der Waals surface area contributed by atoms with Gasteiger partial charge in [-0.2, -0.15) is 10.2 Å². The van der Waals surface area contributed by atoms with E-state index in [4.69, 9.17) is 4.74 Å². The summed E-state index contributed by atoms with van der Waals surface area (Å²) in [6.07, 6.45) is 5.17. The molecule has 1 amide bonds. The van der Waals surface area contributed by atoms with Crippen molar-refractivity contribution in [1.82, 2.24) is 19.8 Å². The van der Waals surface area contributed by atoms with Crippen LogP contribution in [-0.2, 0) is 11.3 Å². The molecule has 8 nitrogen and oxygen atoms in total. The number of aromatic nitrogens is 2. The van der Waals surface area contributed by atoms with E-state index < -0.39 is 0 Å². The SMILES string of the molecule is COCCCCn1c(C(=O)N(CC(C)C)[C@@H]2CNC[C@H](C3=NN=CC3)C2)nc2cc(F)ccc21. The molecule has 0 unspecified atom stereocenters. The van der Waals surface area contributed by atoms with Crippen LogP contribution in [0, 0.1) is 17.7 Å². The maximum absolute atomic E-state index is 14.0. The van der Waals surface area contributed by atoms with Crippen LogP contribution < -0.4 is 5.32 Å². The third kappa shape index (κ3) is 5.52. The topological polar surface area (TPSA) is 84.1 Å². The number of imidazole rings is 1. The molecule has 2 aliphatic heterocycles. The van der Waals surface area contributed by atoms with Crippen LogP contribution in [0.2, 0.25) is 0 Å². The molecular weight excluding hydrogens is 435 g/mol. The predicted octanol–water partition coefficient (Wildman–Crippen LogP) is 3.51. The van der Waals surface area contributed by atoms with Crippen molar-refractivity contribution < 1.29 is 13.9 Å². The quantitative estimate of drug-likeness (QED) is 0.539. The molecule has 0 aliphatic carbocycles. The molecule has 1 aromatic heterocycles. The average Bonchev–Trinajstić information content (AvgIpc) is 3.48. The van der Waals surface area contributed by atoms with Crippen molar-refractivity contribution in [2.24, 2.45) is 22.0 Å². The molecule has 2 atom stereocenters. The molecule has 2 aromatic rings. The summed E-state index contributed by atoms with van der Waals surface area (Å²) in [6, 6.07) is 4.57. The lowest BCUT2D eigenvalue weighted by Crippen LogP contribution is -2.53. The van der Waals surface area contributed by atoms with Crippen LogP contribution in [-0.4, -0.2) is 71.7 Å². The summed E-state index contributed by atoms with van der Waals surface area (Å²) in [5.74, 6) is 0.476. The third-order valence-electron chi connectivity index (χ3n) is 6.51. The van der Waals surface area contributed by atoms with Gasteiger partial charge in [-0.3, -0.25) is 4.79 Å². The maximum atomic E-state index is 14.0. The molecule has 4 rings (SSSR count). The van der Waals surface area contributed by atoms with Crippen molar-refractivity contribution in [2.75, 3.05) is 33.4 Å². The van der Waals surface area contributed by atoms with Gasteiger partial charge in [0.05, 0.1) is 16.7 Å². The molecule has 1 aromatic carbocycles. The van der Waals surface area contributed by atoms with Gasteiger partial charge in [0.25, 0.3) is 5.91 Å². The summed E-state index contributed by atoms with van der Waals surface area (Å²) in [5.41, 5.74) is 2.37. The molecule has 0 spiro atoms. The number of nitrogens with zero attached hydrogens (tertiary/aromatic N) is 5. The lowest BCUT2D eigenvalue weighted by Gasteiger charge is -2.38. The average molecular weight is 471 g/mol. The van der Waals surface area contributed by atoms with Crippen molar-refractivity contribution in [3.63, 3.8) is 0 Å². The van der Waals surface area contributed by atoms with Crippen molar-refractivity contribution >= 4 is 28.9 Å². The van der Waals surface area contributed by atoms with Gasteiger partial charge in [-0.15, -0.1) is 0 Å². The normalized spacial score (nSPS) is 20.3. The van der Waals surface area contributed by atoms with Crippen LogP contribution in [0.5, 0.6) is 0 Å². The number of hydrogen-bond donors (Lipinski definition) is 1. The minimum absolute atomic E-state index is 0.0236. The monoisotopic (exact) mass is 470 g/mol. The van der Waals surface area contributed by atoms with E-state index >= 15 is 0 Å². The summed E-state index contributed by atoms with van der Waals surface area (Å²) >= 11 is 0. The Morgan fingerprint density at radius 3 is 2.91 bits per heavy atom. The summed E-state index contributed by atoms with van der Waals surface area (Å²) in [7, 11) is 1.68. The van der Waals surface area contributed by atoms with E-state index in [2.05, 4.69) is 34.4 Å². The first-order valence-electron chi connectivity index (χ1n) is 12.2. The molecule has 0 bridgehead atoms. The minimum atomic E-state index is -0.353. The van der Waals surface area contributed by atoms with Crippen LogP contribution in [0.25, 0.3) is 11.0 Å². The smallest absolute Gasteiger partial charge is 0.290 e. The van der Waals surface area contributed by atoms with Gasteiger partial charge >= 0.3 is 0 Å². The largest absolute Gasteiger partial charge is 0.385 e. The third-order valence-corrected chi connectivity index (χ3v) is 6.51. The number of carbonyl (C=O) groups excluding carboxylic acids is 1. The first kappa shape index (κ1) is 24.5. The van der Waals surface area contributed by atoms with E-state index in [-0.39, 0.29) is 23.7 Å². The van der Waals surface area contributed by atoms with Gasteiger partial charge in [-0.05, 0) is 37.3 Å². The molecule has 2 aliphatic rings. The van der Waals surface area contributed by atoms with Gasteiger partial charge in [-0.1, -0.05) is 13.8 Å². The number of methoxy groups -OCH3 is 1.